The highest BCUT2D eigenvalue weighted by atomic mass is 16.5. The van der Waals surface area contributed by atoms with E-state index in [2.05, 4.69) is 4.98 Å². The van der Waals surface area contributed by atoms with Crippen LogP contribution in [0.5, 0.6) is 0 Å². The molecule has 0 saturated carbocycles. The Labute approximate surface area is 136 Å². The molecule has 0 aromatic carbocycles. The van der Waals surface area contributed by atoms with E-state index in [4.69, 9.17) is 4.74 Å². The van der Waals surface area contributed by atoms with E-state index in [1.54, 1.807) is 38.6 Å². The van der Waals surface area contributed by atoms with Crippen LogP contribution in [0.3, 0.4) is 0 Å². The van der Waals surface area contributed by atoms with Crippen molar-refractivity contribution < 1.29 is 14.3 Å². The molecule has 1 aromatic rings. The number of hydrogen-bond donors (Lipinski definition) is 0. The van der Waals surface area contributed by atoms with Gasteiger partial charge in [-0.15, -0.1) is 0 Å². The standard InChI is InChI=1S/C17H23N3O3/c1-13(21)20-10-15-9-19(8-5-17(15,11-20)12-23-2)16(22)14-3-6-18-7-4-14/h3-4,6-7,15H,5,8-12H2,1-2H3/t15-,17+/m1/s1. The molecular formula is C17H23N3O3. The number of likely N-dealkylation sites (tertiary alicyclic amines) is 2. The zero-order valence-corrected chi connectivity index (χ0v) is 13.7. The minimum Gasteiger partial charge on any atom is -0.384 e. The van der Waals surface area contributed by atoms with Crippen LogP contribution in [-0.4, -0.2) is 66.5 Å². The highest BCUT2D eigenvalue weighted by molar-refractivity contribution is 5.94. The van der Waals surface area contributed by atoms with Gasteiger partial charge in [-0.05, 0) is 18.6 Å². The maximum Gasteiger partial charge on any atom is 0.253 e. The number of piperidine rings is 1. The number of rotatable bonds is 3. The zero-order valence-electron chi connectivity index (χ0n) is 13.7. The van der Waals surface area contributed by atoms with Crippen LogP contribution in [0.4, 0.5) is 0 Å². The summed E-state index contributed by atoms with van der Waals surface area (Å²) in [4.78, 5) is 32.2. The Balaban J connectivity index is 1.76. The van der Waals surface area contributed by atoms with Crippen LogP contribution in [-0.2, 0) is 9.53 Å². The lowest BCUT2D eigenvalue weighted by molar-refractivity contribution is -0.128. The molecule has 2 atom stereocenters. The molecule has 0 bridgehead atoms. The number of fused-ring (bicyclic) bond motifs is 1. The second-order valence-electron chi connectivity index (χ2n) is 6.63. The molecule has 0 N–H and O–H groups in total. The van der Waals surface area contributed by atoms with Gasteiger partial charge in [0.1, 0.15) is 0 Å². The monoisotopic (exact) mass is 317 g/mol. The van der Waals surface area contributed by atoms with E-state index >= 15 is 0 Å². The summed E-state index contributed by atoms with van der Waals surface area (Å²) in [6.45, 7) is 5.06. The molecular weight excluding hydrogens is 294 g/mol. The smallest absolute Gasteiger partial charge is 0.253 e. The maximum absolute atomic E-state index is 12.7. The van der Waals surface area contributed by atoms with Gasteiger partial charge in [0, 0.05) is 69.5 Å². The van der Waals surface area contributed by atoms with Crippen LogP contribution >= 0.6 is 0 Å². The molecule has 6 heteroatoms. The third-order valence-corrected chi connectivity index (χ3v) is 5.22. The van der Waals surface area contributed by atoms with Crippen molar-refractivity contribution in [2.75, 3.05) is 39.9 Å². The third-order valence-electron chi connectivity index (χ3n) is 5.22. The van der Waals surface area contributed by atoms with E-state index in [9.17, 15) is 9.59 Å². The predicted molar refractivity (Wildman–Crippen MR) is 84.8 cm³/mol. The number of carbonyl (C=O) groups is 2. The van der Waals surface area contributed by atoms with E-state index in [0.29, 0.717) is 31.8 Å². The predicted octanol–water partition coefficient (Wildman–Crippen LogP) is 1.04. The Hall–Kier alpha value is -1.95. The lowest BCUT2D eigenvalue weighted by Gasteiger charge is -2.43. The van der Waals surface area contributed by atoms with Crippen molar-refractivity contribution in [1.82, 2.24) is 14.8 Å². The Kier molecular flexibility index (Phi) is 4.35. The van der Waals surface area contributed by atoms with E-state index in [1.165, 1.54) is 0 Å². The Morgan fingerprint density at radius 1 is 1.30 bits per heavy atom. The maximum atomic E-state index is 12.7. The number of ether oxygens (including phenoxy) is 1. The fraction of sp³-hybridized carbons (Fsp3) is 0.588. The molecule has 6 nitrogen and oxygen atoms in total. The number of nitrogens with zero attached hydrogens (tertiary/aromatic N) is 3. The topological polar surface area (TPSA) is 62.7 Å². The second kappa shape index (κ2) is 6.28. The highest BCUT2D eigenvalue weighted by Gasteiger charge is 2.50. The molecule has 1 aromatic heterocycles. The summed E-state index contributed by atoms with van der Waals surface area (Å²) < 4.78 is 5.44. The molecule has 3 rings (SSSR count). The van der Waals surface area contributed by atoms with Gasteiger partial charge in [-0.2, -0.15) is 0 Å². The minimum atomic E-state index is -0.0184. The highest BCUT2D eigenvalue weighted by Crippen LogP contribution is 2.43. The molecule has 2 aliphatic heterocycles. The normalized spacial score (nSPS) is 27.0. The van der Waals surface area contributed by atoms with Crippen molar-refractivity contribution in [1.29, 1.82) is 0 Å². The van der Waals surface area contributed by atoms with Crippen molar-refractivity contribution in [3.63, 3.8) is 0 Å². The number of pyridine rings is 1. The van der Waals surface area contributed by atoms with Gasteiger partial charge in [0.05, 0.1) is 6.61 Å². The lowest BCUT2D eigenvalue weighted by Crippen LogP contribution is -2.50. The van der Waals surface area contributed by atoms with Crippen LogP contribution in [0, 0.1) is 11.3 Å². The summed E-state index contributed by atoms with van der Waals surface area (Å²) >= 11 is 0. The number of methoxy groups -OCH3 is 1. The first-order valence-corrected chi connectivity index (χ1v) is 7.99. The summed E-state index contributed by atoms with van der Waals surface area (Å²) in [5, 5.41) is 0. The molecule has 124 valence electrons. The molecule has 3 heterocycles. The van der Waals surface area contributed by atoms with Crippen LogP contribution in [0.1, 0.15) is 23.7 Å². The van der Waals surface area contributed by atoms with Gasteiger partial charge < -0.3 is 14.5 Å². The summed E-state index contributed by atoms with van der Waals surface area (Å²) in [7, 11) is 1.71. The quantitative estimate of drug-likeness (QED) is 0.835. The van der Waals surface area contributed by atoms with Crippen molar-refractivity contribution >= 4 is 11.8 Å². The van der Waals surface area contributed by atoms with Crippen molar-refractivity contribution in [2.24, 2.45) is 11.3 Å². The fourth-order valence-corrected chi connectivity index (χ4v) is 3.91. The Morgan fingerprint density at radius 3 is 2.65 bits per heavy atom. The average molecular weight is 317 g/mol. The van der Waals surface area contributed by atoms with Gasteiger partial charge in [-0.1, -0.05) is 0 Å². The number of amides is 2. The van der Waals surface area contributed by atoms with Gasteiger partial charge in [0.15, 0.2) is 0 Å². The average Bonchev–Trinajstić information content (AvgIpc) is 2.94. The largest absolute Gasteiger partial charge is 0.384 e. The SMILES string of the molecule is COC[C@@]12CCN(C(=O)c3ccncc3)C[C@@H]1CN(C(C)=O)C2. The molecule has 2 fully saturated rings. The molecule has 2 amide bonds. The summed E-state index contributed by atoms with van der Waals surface area (Å²) in [5.74, 6) is 0.410. The van der Waals surface area contributed by atoms with Crippen molar-refractivity contribution in [3.8, 4) is 0 Å². The first-order valence-electron chi connectivity index (χ1n) is 7.99. The summed E-state index contributed by atoms with van der Waals surface area (Å²) in [5.41, 5.74) is 0.649. The van der Waals surface area contributed by atoms with Crippen molar-refractivity contribution in [2.45, 2.75) is 13.3 Å². The fourth-order valence-electron chi connectivity index (χ4n) is 3.91. The van der Waals surface area contributed by atoms with Crippen LogP contribution in [0.15, 0.2) is 24.5 Å². The van der Waals surface area contributed by atoms with Crippen LogP contribution < -0.4 is 0 Å². The van der Waals surface area contributed by atoms with Gasteiger partial charge in [-0.25, -0.2) is 0 Å². The first kappa shape index (κ1) is 15.9. The van der Waals surface area contributed by atoms with Gasteiger partial charge in [0.2, 0.25) is 5.91 Å². The van der Waals surface area contributed by atoms with Gasteiger partial charge in [-0.3, -0.25) is 14.6 Å². The molecule has 2 saturated heterocycles. The lowest BCUT2D eigenvalue weighted by atomic mass is 9.73. The van der Waals surface area contributed by atoms with Crippen LogP contribution in [0.2, 0.25) is 0 Å². The number of aromatic nitrogens is 1. The Morgan fingerprint density at radius 2 is 2.00 bits per heavy atom. The zero-order chi connectivity index (χ0) is 16.4. The van der Waals surface area contributed by atoms with E-state index in [1.807, 2.05) is 9.80 Å². The summed E-state index contributed by atoms with van der Waals surface area (Å²) in [6.07, 6.45) is 4.14. The van der Waals surface area contributed by atoms with E-state index in [-0.39, 0.29) is 23.1 Å². The Bertz CT molecular complexity index is 592. The first-order chi connectivity index (χ1) is 11.1. The number of carbonyl (C=O) groups excluding carboxylic acids is 2. The molecule has 0 spiro atoms. The molecule has 0 aliphatic carbocycles. The summed E-state index contributed by atoms with van der Waals surface area (Å²) in [6, 6.07) is 3.49. The van der Waals surface area contributed by atoms with Crippen LogP contribution in [0.25, 0.3) is 0 Å². The molecule has 0 radical (unpaired) electrons. The van der Waals surface area contributed by atoms with Gasteiger partial charge in [0.25, 0.3) is 5.91 Å². The molecule has 23 heavy (non-hydrogen) atoms. The van der Waals surface area contributed by atoms with E-state index < -0.39 is 0 Å². The third kappa shape index (κ3) is 2.95. The number of hydrogen-bond acceptors (Lipinski definition) is 4. The molecule has 0 unspecified atom stereocenters. The second-order valence-corrected chi connectivity index (χ2v) is 6.63. The van der Waals surface area contributed by atoms with E-state index in [0.717, 1.165) is 13.0 Å². The van der Waals surface area contributed by atoms with Gasteiger partial charge >= 0.3 is 0 Å². The van der Waals surface area contributed by atoms with Crippen molar-refractivity contribution in [3.05, 3.63) is 30.1 Å². The minimum absolute atomic E-state index is 0.0184. The molecule has 2 aliphatic rings.